The van der Waals surface area contributed by atoms with E-state index in [2.05, 4.69) is 22.9 Å². The number of hydrogen-bond acceptors (Lipinski definition) is 5. The SMILES string of the molecule is CCN1C[C@@H](CN(C)C(=O)c2ccc(OC)nc2)Oc2ccccc21. The van der Waals surface area contributed by atoms with Crippen LogP contribution in [-0.2, 0) is 0 Å². The quantitative estimate of drug-likeness (QED) is 0.836. The van der Waals surface area contributed by atoms with Gasteiger partial charge in [0, 0.05) is 25.9 Å². The molecule has 0 aliphatic carbocycles. The lowest BCUT2D eigenvalue weighted by atomic mass is 10.1. The number of amides is 1. The van der Waals surface area contributed by atoms with Gasteiger partial charge in [0.05, 0.1) is 31.5 Å². The maximum absolute atomic E-state index is 12.6. The first-order valence-corrected chi connectivity index (χ1v) is 8.38. The van der Waals surface area contributed by atoms with E-state index in [0.29, 0.717) is 18.0 Å². The standard InChI is InChI=1S/C19H23N3O3/c1-4-22-13-15(25-17-8-6-5-7-16(17)22)12-21(2)19(23)14-9-10-18(24-3)20-11-14/h5-11,15H,4,12-13H2,1-3H3/t15-/m1/s1. The molecule has 0 spiro atoms. The van der Waals surface area contributed by atoms with Crippen LogP contribution >= 0.6 is 0 Å². The topological polar surface area (TPSA) is 54.9 Å². The van der Waals surface area contributed by atoms with Crippen LogP contribution in [0.2, 0.25) is 0 Å². The van der Waals surface area contributed by atoms with Gasteiger partial charge in [-0.2, -0.15) is 0 Å². The number of aromatic nitrogens is 1. The minimum atomic E-state index is -0.0827. The average molecular weight is 341 g/mol. The monoisotopic (exact) mass is 341 g/mol. The zero-order chi connectivity index (χ0) is 17.8. The second-order valence-corrected chi connectivity index (χ2v) is 6.02. The van der Waals surface area contributed by atoms with Gasteiger partial charge in [0.2, 0.25) is 5.88 Å². The Morgan fingerprint density at radius 2 is 2.16 bits per heavy atom. The Hall–Kier alpha value is -2.76. The molecule has 1 aliphatic heterocycles. The van der Waals surface area contributed by atoms with Gasteiger partial charge in [-0.1, -0.05) is 12.1 Å². The van der Waals surface area contributed by atoms with Gasteiger partial charge in [-0.05, 0) is 25.1 Å². The first-order chi connectivity index (χ1) is 12.1. The summed E-state index contributed by atoms with van der Waals surface area (Å²) < 4.78 is 11.1. The summed E-state index contributed by atoms with van der Waals surface area (Å²) in [5.74, 6) is 1.28. The molecule has 3 rings (SSSR count). The molecule has 1 aromatic carbocycles. The third-order valence-electron chi connectivity index (χ3n) is 4.32. The van der Waals surface area contributed by atoms with Gasteiger partial charge in [-0.25, -0.2) is 4.98 Å². The minimum absolute atomic E-state index is 0.0741. The lowest BCUT2D eigenvalue weighted by Gasteiger charge is -2.37. The molecule has 0 unspecified atom stereocenters. The van der Waals surface area contributed by atoms with E-state index in [1.807, 2.05) is 18.2 Å². The summed E-state index contributed by atoms with van der Waals surface area (Å²) in [6.45, 7) is 4.29. The van der Waals surface area contributed by atoms with E-state index in [1.165, 1.54) is 6.20 Å². The van der Waals surface area contributed by atoms with Crippen molar-refractivity contribution in [1.82, 2.24) is 9.88 Å². The largest absolute Gasteiger partial charge is 0.485 e. The first-order valence-electron chi connectivity index (χ1n) is 8.38. The second-order valence-electron chi connectivity index (χ2n) is 6.02. The average Bonchev–Trinajstić information content (AvgIpc) is 2.66. The summed E-state index contributed by atoms with van der Waals surface area (Å²) in [7, 11) is 3.33. The second kappa shape index (κ2) is 7.42. The molecule has 1 atom stereocenters. The highest BCUT2D eigenvalue weighted by atomic mass is 16.5. The number of carbonyl (C=O) groups excluding carboxylic acids is 1. The Kier molecular flexibility index (Phi) is 5.07. The molecule has 6 heteroatoms. The van der Waals surface area contributed by atoms with E-state index >= 15 is 0 Å². The fourth-order valence-electron chi connectivity index (χ4n) is 3.01. The summed E-state index contributed by atoms with van der Waals surface area (Å²) in [5, 5.41) is 0. The molecule has 0 saturated carbocycles. The van der Waals surface area contributed by atoms with Crippen LogP contribution in [0.5, 0.6) is 11.6 Å². The molecule has 0 bridgehead atoms. The van der Waals surface area contributed by atoms with Gasteiger partial charge in [-0.3, -0.25) is 4.79 Å². The molecule has 1 amide bonds. The van der Waals surface area contributed by atoms with Gasteiger partial charge in [0.1, 0.15) is 11.9 Å². The molecule has 132 valence electrons. The fourth-order valence-corrected chi connectivity index (χ4v) is 3.01. The molecule has 0 fully saturated rings. The Morgan fingerprint density at radius 1 is 1.36 bits per heavy atom. The van der Waals surface area contributed by atoms with Crippen molar-refractivity contribution in [2.24, 2.45) is 0 Å². The number of carbonyl (C=O) groups is 1. The number of hydrogen-bond donors (Lipinski definition) is 0. The number of para-hydroxylation sites is 2. The predicted octanol–water partition coefficient (Wildman–Crippen LogP) is 2.45. The van der Waals surface area contributed by atoms with Gasteiger partial charge in [0.25, 0.3) is 5.91 Å². The number of anilines is 1. The molecule has 0 radical (unpaired) electrons. The molecule has 2 heterocycles. The zero-order valence-corrected chi connectivity index (χ0v) is 14.8. The minimum Gasteiger partial charge on any atom is -0.485 e. The number of ether oxygens (including phenoxy) is 2. The summed E-state index contributed by atoms with van der Waals surface area (Å²) in [6.07, 6.45) is 1.46. The number of benzene rings is 1. The van der Waals surface area contributed by atoms with Crippen molar-refractivity contribution in [2.45, 2.75) is 13.0 Å². The Bertz CT molecular complexity index is 733. The van der Waals surface area contributed by atoms with Gasteiger partial charge in [0.15, 0.2) is 0 Å². The third kappa shape index (κ3) is 3.68. The van der Waals surface area contributed by atoms with E-state index in [9.17, 15) is 4.79 Å². The Morgan fingerprint density at radius 3 is 2.84 bits per heavy atom. The summed E-state index contributed by atoms with van der Waals surface area (Å²) >= 11 is 0. The molecular formula is C19H23N3O3. The van der Waals surface area contributed by atoms with Crippen LogP contribution in [0.15, 0.2) is 42.6 Å². The summed E-state index contributed by atoms with van der Waals surface area (Å²) in [4.78, 5) is 20.6. The zero-order valence-electron chi connectivity index (χ0n) is 14.8. The van der Waals surface area contributed by atoms with Crippen molar-refractivity contribution in [3.8, 4) is 11.6 Å². The predicted molar refractivity (Wildman–Crippen MR) is 96.5 cm³/mol. The number of nitrogens with zero attached hydrogens (tertiary/aromatic N) is 3. The maximum atomic E-state index is 12.6. The highest BCUT2D eigenvalue weighted by Crippen LogP contribution is 2.32. The van der Waals surface area contributed by atoms with E-state index in [4.69, 9.17) is 9.47 Å². The van der Waals surface area contributed by atoms with Crippen molar-refractivity contribution >= 4 is 11.6 Å². The smallest absolute Gasteiger partial charge is 0.255 e. The van der Waals surface area contributed by atoms with Crippen LogP contribution in [-0.4, -0.2) is 55.7 Å². The van der Waals surface area contributed by atoms with E-state index in [-0.39, 0.29) is 12.0 Å². The molecule has 6 nitrogen and oxygen atoms in total. The number of pyridine rings is 1. The molecule has 25 heavy (non-hydrogen) atoms. The molecule has 0 N–H and O–H groups in total. The van der Waals surface area contributed by atoms with Crippen LogP contribution in [0, 0.1) is 0 Å². The van der Waals surface area contributed by atoms with Crippen molar-refractivity contribution in [2.75, 3.05) is 38.7 Å². The first kappa shape index (κ1) is 17.1. The normalized spacial score (nSPS) is 16.0. The van der Waals surface area contributed by atoms with Gasteiger partial charge in [-0.15, -0.1) is 0 Å². The Labute approximate surface area is 148 Å². The van der Waals surface area contributed by atoms with Crippen LogP contribution in [0.3, 0.4) is 0 Å². The van der Waals surface area contributed by atoms with Crippen molar-refractivity contribution in [3.63, 3.8) is 0 Å². The van der Waals surface area contributed by atoms with E-state index in [0.717, 1.165) is 24.5 Å². The van der Waals surface area contributed by atoms with E-state index < -0.39 is 0 Å². The number of methoxy groups -OCH3 is 1. The maximum Gasteiger partial charge on any atom is 0.255 e. The van der Waals surface area contributed by atoms with E-state index in [1.54, 1.807) is 31.2 Å². The van der Waals surface area contributed by atoms with Gasteiger partial charge >= 0.3 is 0 Å². The lowest BCUT2D eigenvalue weighted by molar-refractivity contribution is 0.0709. The fraction of sp³-hybridized carbons (Fsp3) is 0.368. The Balaban J connectivity index is 1.68. The lowest BCUT2D eigenvalue weighted by Crippen LogP contribution is -2.46. The van der Waals surface area contributed by atoms with Crippen molar-refractivity contribution in [1.29, 1.82) is 0 Å². The molecule has 0 saturated heterocycles. The molecular weight excluding hydrogens is 318 g/mol. The van der Waals surface area contributed by atoms with Gasteiger partial charge < -0.3 is 19.3 Å². The number of likely N-dealkylation sites (N-methyl/N-ethyl adjacent to an activating group) is 2. The molecule has 2 aromatic rings. The third-order valence-corrected chi connectivity index (χ3v) is 4.32. The van der Waals surface area contributed by atoms with Crippen LogP contribution in [0.25, 0.3) is 0 Å². The number of fused-ring (bicyclic) bond motifs is 1. The van der Waals surface area contributed by atoms with Crippen LogP contribution in [0.4, 0.5) is 5.69 Å². The van der Waals surface area contributed by atoms with Crippen LogP contribution < -0.4 is 14.4 Å². The molecule has 1 aliphatic rings. The highest BCUT2D eigenvalue weighted by molar-refractivity contribution is 5.93. The van der Waals surface area contributed by atoms with Crippen molar-refractivity contribution < 1.29 is 14.3 Å². The summed E-state index contributed by atoms with van der Waals surface area (Å²) in [6, 6.07) is 11.4. The summed E-state index contributed by atoms with van der Waals surface area (Å²) in [5.41, 5.74) is 1.64. The van der Waals surface area contributed by atoms with Crippen molar-refractivity contribution in [3.05, 3.63) is 48.2 Å². The highest BCUT2D eigenvalue weighted by Gasteiger charge is 2.27. The van der Waals surface area contributed by atoms with Crippen LogP contribution in [0.1, 0.15) is 17.3 Å². The number of rotatable bonds is 5. The molecule has 1 aromatic heterocycles.